The molecule has 1 rings (SSSR count). The van der Waals surface area contributed by atoms with Crippen LogP contribution in [0.25, 0.3) is 0 Å². The number of carbonyl (C=O) groups excluding carboxylic acids is 1. The maximum Gasteiger partial charge on any atom is 0.228 e. The van der Waals surface area contributed by atoms with E-state index in [1.165, 1.54) is 11.3 Å². The zero-order valence-corrected chi connectivity index (χ0v) is 11.3. The van der Waals surface area contributed by atoms with Crippen molar-refractivity contribution in [2.45, 2.75) is 32.2 Å². The Balaban J connectivity index is 2.55. The summed E-state index contributed by atoms with van der Waals surface area (Å²) >= 11 is 7.26. The molecule has 1 aromatic heterocycles. The zero-order chi connectivity index (χ0) is 12.3. The minimum Gasteiger partial charge on any atom is -0.354 e. The van der Waals surface area contributed by atoms with Crippen molar-refractivity contribution in [3.05, 3.63) is 21.3 Å². The summed E-state index contributed by atoms with van der Waals surface area (Å²) in [4.78, 5) is 12.8. The van der Waals surface area contributed by atoms with Crippen LogP contribution in [-0.2, 0) is 4.79 Å². The lowest BCUT2D eigenvalue weighted by Crippen LogP contribution is -2.45. The Morgan fingerprint density at radius 3 is 2.69 bits per heavy atom. The van der Waals surface area contributed by atoms with Gasteiger partial charge in [0.2, 0.25) is 5.91 Å². The highest BCUT2D eigenvalue weighted by Gasteiger charge is 2.19. The predicted octanol–water partition coefficient (Wildman–Crippen LogP) is 2.36. The average Bonchev–Trinajstić information content (AvgIpc) is 2.59. The highest BCUT2D eigenvalue weighted by atomic mass is 35.5. The Hall–Kier alpha value is -0.580. The average molecular weight is 261 g/mol. The fraction of sp³-hybridized carbons (Fsp3) is 0.545. The molecule has 1 atom stereocenters. The van der Waals surface area contributed by atoms with Crippen LogP contribution < -0.4 is 11.1 Å². The van der Waals surface area contributed by atoms with Gasteiger partial charge in [0, 0.05) is 17.0 Å². The quantitative estimate of drug-likeness (QED) is 0.873. The van der Waals surface area contributed by atoms with Crippen molar-refractivity contribution in [1.82, 2.24) is 5.32 Å². The summed E-state index contributed by atoms with van der Waals surface area (Å²) in [5.41, 5.74) is 5.41. The molecule has 1 heterocycles. The van der Waals surface area contributed by atoms with E-state index in [0.717, 1.165) is 4.88 Å². The molecule has 3 N–H and O–H groups in total. The molecule has 1 aromatic rings. The van der Waals surface area contributed by atoms with Crippen LogP contribution in [0.1, 0.15) is 31.6 Å². The van der Waals surface area contributed by atoms with Crippen molar-refractivity contribution < 1.29 is 4.79 Å². The highest BCUT2D eigenvalue weighted by Crippen LogP contribution is 2.28. The zero-order valence-electron chi connectivity index (χ0n) is 9.71. The number of carbonyl (C=O) groups is 1. The molecule has 0 radical (unpaired) electrons. The first-order valence-electron chi connectivity index (χ1n) is 5.11. The van der Waals surface area contributed by atoms with E-state index < -0.39 is 0 Å². The van der Waals surface area contributed by atoms with Gasteiger partial charge in [-0.2, -0.15) is 0 Å². The third kappa shape index (κ3) is 4.12. The van der Waals surface area contributed by atoms with Crippen LogP contribution >= 0.6 is 22.9 Å². The third-order valence-electron chi connectivity index (χ3n) is 2.13. The molecule has 0 aromatic carbocycles. The van der Waals surface area contributed by atoms with Crippen LogP contribution in [0.2, 0.25) is 4.34 Å². The molecule has 16 heavy (non-hydrogen) atoms. The minimum absolute atomic E-state index is 0.0166. The Bertz CT molecular complexity index is 370. The molecule has 5 heteroatoms. The van der Waals surface area contributed by atoms with E-state index in [1.54, 1.807) is 6.07 Å². The third-order valence-corrected chi connectivity index (χ3v) is 3.55. The number of hydrogen-bond donors (Lipinski definition) is 2. The summed E-state index contributed by atoms with van der Waals surface area (Å²) in [5, 5.41) is 2.83. The van der Waals surface area contributed by atoms with Crippen molar-refractivity contribution in [3.63, 3.8) is 0 Å². The van der Waals surface area contributed by atoms with Crippen LogP contribution in [0.15, 0.2) is 12.1 Å². The van der Waals surface area contributed by atoms with Crippen molar-refractivity contribution in [2.24, 2.45) is 5.73 Å². The van der Waals surface area contributed by atoms with Gasteiger partial charge < -0.3 is 11.1 Å². The summed E-state index contributed by atoms with van der Waals surface area (Å²) in [6, 6.07) is 3.68. The Morgan fingerprint density at radius 1 is 1.62 bits per heavy atom. The van der Waals surface area contributed by atoms with E-state index in [9.17, 15) is 4.79 Å². The van der Waals surface area contributed by atoms with Gasteiger partial charge in [0.05, 0.1) is 10.3 Å². The molecule has 0 saturated carbocycles. The summed E-state index contributed by atoms with van der Waals surface area (Å²) in [7, 11) is 0. The number of thiophene rings is 1. The van der Waals surface area contributed by atoms with Crippen LogP contribution in [0.5, 0.6) is 0 Å². The topological polar surface area (TPSA) is 55.1 Å². The van der Waals surface area contributed by atoms with E-state index in [1.807, 2.05) is 26.8 Å². The van der Waals surface area contributed by atoms with Crippen molar-refractivity contribution in [1.29, 1.82) is 0 Å². The molecule has 1 amide bonds. The van der Waals surface area contributed by atoms with Gasteiger partial charge >= 0.3 is 0 Å². The summed E-state index contributed by atoms with van der Waals surface area (Å²) < 4.78 is 0.703. The van der Waals surface area contributed by atoms with Gasteiger partial charge in [-0.15, -0.1) is 11.3 Å². The van der Waals surface area contributed by atoms with Crippen LogP contribution in [0.4, 0.5) is 0 Å². The second-order valence-electron chi connectivity index (χ2n) is 4.57. The number of halogens is 1. The smallest absolute Gasteiger partial charge is 0.228 e. The Kier molecular flexibility index (Phi) is 4.35. The van der Waals surface area contributed by atoms with Crippen molar-refractivity contribution in [2.75, 3.05) is 6.54 Å². The molecule has 90 valence electrons. The van der Waals surface area contributed by atoms with E-state index in [4.69, 9.17) is 17.3 Å². The lowest BCUT2D eigenvalue weighted by molar-refractivity contribution is -0.122. The van der Waals surface area contributed by atoms with Crippen LogP contribution in [0.3, 0.4) is 0 Å². The second-order valence-corrected chi connectivity index (χ2v) is 6.32. The molecule has 0 aliphatic heterocycles. The minimum atomic E-state index is -0.386. The maximum absolute atomic E-state index is 11.8. The van der Waals surface area contributed by atoms with E-state index in [2.05, 4.69) is 5.32 Å². The molecule has 0 aliphatic carbocycles. The van der Waals surface area contributed by atoms with E-state index in [-0.39, 0.29) is 17.4 Å². The molecule has 0 fully saturated rings. The first kappa shape index (κ1) is 13.5. The standard InChI is InChI=1S/C11H17ClN2OS/c1-7(8-4-5-9(12)16-8)10(15)14-6-11(2,3)13/h4-5,7H,6,13H2,1-3H3,(H,14,15). The monoisotopic (exact) mass is 260 g/mol. The molecule has 0 bridgehead atoms. The van der Waals surface area contributed by atoms with Gasteiger partial charge in [0.25, 0.3) is 0 Å². The van der Waals surface area contributed by atoms with E-state index >= 15 is 0 Å². The number of nitrogens with two attached hydrogens (primary N) is 1. The Morgan fingerprint density at radius 2 is 2.25 bits per heavy atom. The first-order valence-corrected chi connectivity index (χ1v) is 6.31. The molecule has 3 nitrogen and oxygen atoms in total. The van der Waals surface area contributed by atoms with Gasteiger partial charge in [-0.05, 0) is 32.9 Å². The molecule has 0 saturated heterocycles. The fourth-order valence-corrected chi connectivity index (χ4v) is 2.27. The van der Waals surface area contributed by atoms with Crippen LogP contribution in [-0.4, -0.2) is 18.0 Å². The van der Waals surface area contributed by atoms with Gasteiger partial charge in [-0.1, -0.05) is 11.6 Å². The first-order chi connectivity index (χ1) is 7.29. The second kappa shape index (κ2) is 5.17. The van der Waals surface area contributed by atoms with Gasteiger partial charge in [0.1, 0.15) is 0 Å². The number of nitrogens with one attached hydrogen (secondary N) is 1. The largest absolute Gasteiger partial charge is 0.354 e. The number of amides is 1. The van der Waals surface area contributed by atoms with E-state index in [0.29, 0.717) is 10.9 Å². The SMILES string of the molecule is CC(C(=O)NCC(C)(C)N)c1ccc(Cl)s1. The summed E-state index contributed by atoms with van der Waals surface area (Å²) in [6.45, 7) is 6.08. The summed E-state index contributed by atoms with van der Waals surface area (Å²) in [6.07, 6.45) is 0. The van der Waals surface area contributed by atoms with Gasteiger partial charge in [-0.3, -0.25) is 4.79 Å². The lowest BCUT2D eigenvalue weighted by Gasteiger charge is -2.20. The normalized spacial score (nSPS) is 13.6. The number of rotatable bonds is 4. The molecular weight excluding hydrogens is 244 g/mol. The lowest BCUT2D eigenvalue weighted by atomic mass is 10.1. The molecule has 0 aliphatic rings. The van der Waals surface area contributed by atoms with Gasteiger partial charge in [-0.25, -0.2) is 0 Å². The number of hydrogen-bond acceptors (Lipinski definition) is 3. The Labute approximate surface area is 105 Å². The molecule has 0 spiro atoms. The maximum atomic E-state index is 11.8. The van der Waals surface area contributed by atoms with Crippen LogP contribution in [0, 0.1) is 0 Å². The van der Waals surface area contributed by atoms with Crippen molar-refractivity contribution >= 4 is 28.8 Å². The predicted molar refractivity (Wildman–Crippen MR) is 69.0 cm³/mol. The van der Waals surface area contributed by atoms with Gasteiger partial charge in [0.15, 0.2) is 0 Å². The fourth-order valence-electron chi connectivity index (χ4n) is 1.16. The molecular formula is C11H17ClN2OS. The highest BCUT2D eigenvalue weighted by molar-refractivity contribution is 7.16. The summed E-state index contributed by atoms with van der Waals surface area (Å²) in [5.74, 6) is -0.197. The van der Waals surface area contributed by atoms with Crippen molar-refractivity contribution in [3.8, 4) is 0 Å². The molecule has 1 unspecified atom stereocenters.